The predicted octanol–water partition coefficient (Wildman–Crippen LogP) is 3.23. The molecule has 1 aromatic carbocycles. The quantitative estimate of drug-likeness (QED) is 0.709. The summed E-state index contributed by atoms with van der Waals surface area (Å²) < 4.78 is 5.19. The highest BCUT2D eigenvalue weighted by Gasteiger charge is 2.02. The monoisotopic (exact) mass is 241 g/mol. The lowest BCUT2D eigenvalue weighted by Gasteiger charge is -2.10. The van der Waals surface area contributed by atoms with E-state index in [0.29, 0.717) is 0 Å². The Bertz CT molecular complexity index is 326. The van der Waals surface area contributed by atoms with Crippen molar-refractivity contribution < 1.29 is 4.74 Å². The minimum absolute atomic E-state index is 0.839. The third-order valence-electron chi connectivity index (χ3n) is 2.55. The number of nitrogens with zero attached hydrogens (tertiary/aromatic N) is 1. The first kappa shape index (κ1) is 13.3. The second kappa shape index (κ2) is 6.77. The Kier molecular flexibility index (Phi) is 5.64. The molecule has 3 heteroatoms. The van der Waals surface area contributed by atoms with Gasteiger partial charge >= 0.3 is 0 Å². The van der Waals surface area contributed by atoms with E-state index in [4.69, 9.17) is 16.3 Å². The van der Waals surface area contributed by atoms with E-state index >= 15 is 0 Å². The van der Waals surface area contributed by atoms with Gasteiger partial charge in [-0.1, -0.05) is 11.6 Å². The van der Waals surface area contributed by atoms with Crippen molar-refractivity contribution in [3.8, 4) is 5.75 Å². The molecule has 16 heavy (non-hydrogen) atoms. The lowest BCUT2D eigenvalue weighted by atomic mass is 10.1. The molecule has 0 aliphatic carbocycles. The number of methoxy groups -OCH3 is 1. The first-order chi connectivity index (χ1) is 7.63. The number of halogens is 1. The molecule has 1 rings (SSSR count). The fourth-order valence-corrected chi connectivity index (χ4v) is 1.83. The third-order valence-corrected chi connectivity index (χ3v) is 2.92. The predicted molar refractivity (Wildman–Crippen MR) is 69.5 cm³/mol. The molecule has 0 fully saturated rings. The van der Waals surface area contributed by atoms with Crippen molar-refractivity contribution in [1.82, 2.24) is 4.90 Å². The summed E-state index contributed by atoms with van der Waals surface area (Å²) in [6.45, 7) is 1.13. The number of rotatable bonds is 6. The van der Waals surface area contributed by atoms with Gasteiger partial charge < -0.3 is 9.64 Å². The van der Waals surface area contributed by atoms with Crippen LogP contribution in [0.1, 0.15) is 18.4 Å². The van der Waals surface area contributed by atoms with Crippen LogP contribution in [0.2, 0.25) is 5.02 Å². The summed E-state index contributed by atoms with van der Waals surface area (Å²) in [6.07, 6.45) is 3.37. The molecule has 0 spiro atoms. The third kappa shape index (κ3) is 4.42. The van der Waals surface area contributed by atoms with E-state index in [-0.39, 0.29) is 0 Å². The van der Waals surface area contributed by atoms with Gasteiger partial charge in [-0.2, -0.15) is 0 Å². The first-order valence-corrected chi connectivity index (χ1v) is 5.98. The van der Waals surface area contributed by atoms with E-state index in [1.54, 1.807) is 7.11 Å². The summed E-state index contributed by atoms with van der Waals surface area (Å²) in [4.78, 5) is 2.20. The Morgan fingerprint density at radius 3 is 2.62 bits per heavy atom. The van der Waals surface area contributed by atoms with Gasteiger partial charge in [0.2, 0.25) is 0 Å². The molecule has 0 N–H and O–H groups in total. The van der Waals surface area contributed by atoms with Gasteiger partial charge in [-0.15, -0.1) is 0 Å². The molecule has 0 bridgehead atoms. The summed E-state index contributed by atoms with van der Waals surface area (Å²) >= 11 is 6.13. The molecular weight excluding hydrogens is 222 g/mol. The molecule has 0 atom stereocenters. The Hall–Kier alpha value is -0.730. The molecule has 0 saturated heterocycles. The number of ether oxygens (including phenoxy) is 1. The molecule has 1 aromatic rings. The summed E-state index contributed by atoms with van der Waals surface area (Å²) in [5.74, 6) is 0.881. The van der Waals surface area contributed by atoms with E-state index in [9.17, 15) is 0 Å². The SMILES string of the molecule is COc1ccc(Cl)c(CCCCN(C)C)c1. The molecule has 0 aliphatic heterocycles. The zero-order valence-electron chi connectivity index (χ0n) is 10.3. The molecular formula is C13H20ClNO. The number of hydrogen-bond donors (Lipinski definition) is 0. The van der Waals surface area contributed by atoms with Crippen molar-refractivity contribution in [2.24, 2.45) is 0 Å². The van der Waals surface area contributed by atoms with Crippen LogP contribution in [0.25, 0.3) is 0 Å². The van der Waals surface area contributed by atoms with Crippen molar-refractivity contribution >= 4 is 11.6 Å². The molecule has 0 aromatic heterocycles. The fourth-order valence-electron chi connectivity index (χ4n) is 1.61. The van der Waals surface area contributed by atoms with Gasteiger partial charge in [0.1, 0.15) is 5.75 Å². The van der Waals surface area contributed by atoms with E-state index in [0.717, 1.165) is 30.2 Å². The minimum Gasteiger partial charge on any atom is -0.497 e. The Labute approximate surface area is 103 Å². The summed E-state index contributed by atoms with van der Waals surface area (Å²) in [5, 5.41) is 0.839. The van der Waals surface area contributed by atoms with Crippen LogP contribution in [-0.4, -0.2) is 32.6 Å². The van der Waals surface area contributed by atoms with Gasteiger partial charge in [-0.3, -0.25) is 0 Å². The van der Waals surface area contributed by atoms with Gasteiger partial charge in [-0.25, -0.2) is 0 Å². The number of hydrogen-bond acceptors (Lipinski definition) is 2. The molecule has 90 valence electrons. The number of aryl methyl sites for hydroxylation is 1. The van der Waals surface area contributed by atoms with Gasteiger partial charge in [0.15, 0.2) is 0 Å². The smallest absolute Gasteiger partial charge is 0.119 e. The topological polar surface area (TPSA) is 12.5 Å². The minimum atomic E-state index is 0.839. The lowest BCUT2D eigenvalue weighted by Crippen LogP contribution is -2.12. The Morgan fingerprint density at radius 1 is 1.25 bits per heavy atom. The largest absolute Gasteiger partial charge is 0.497 e. The van der Waals surface area contributed by atoms with Crippen molar-refractivity contribution in [1.29, 1.82) is 0 Å². The zero-order chi connectivity index (χ0) is 12.0. The summed E-state index contributed by atoms with van der Waals surface area (Å²) in [5.41, 5.74) is 1.18. The fraction of sp³-hybridized carbons (Fsp3) is 0.538. The van der Waals surface area contributed by atoms with Gasteiger partial charge in [0.05, 0.1) is 7.11 Å². The van der Waals surface area contributed by atoms with Crippen LogP contribution in [0.15, 0.2) is 18.2 Å². The van der Waals surface area contributed by atoms with E-state index in [2.05, 4.69) is 19.0 Å². The molecule has 0 radical (unpaired) electrons. The van der Waals surface area contributed by atoms with Crippen molar-refractivity contribution in [2.45, 2.75) is 19.3 Å². The lowest BCUT2D eigenvalue weighted by molar-refractivity contribution is 0.394. The highest BCUT2D eigenvalue weighted by molar-refractivity contribution is 6.31. The maximum Gasteiger partial charge on any atom is 0.119 e. The average Bonchev–Trinajstić information content (AvgIpc) is 2.26. The first-order valence-electron chi connectivity index (χ1n) is 5.60. The summed E-state index contributed by atoms with van der Waals surface area (Å²) in [7, 11) is 5.87. The van der Waals surface area contributed by atoms with Gasteiger partial charge in [0, 0.05) is 5.02 Å². The summed E-state index contributed by atoms with van der Waals surface area (Å²) in [6, 6.07) is 5.82. The normalized spacial score (nSPS) is 10.8. The highest BCUT2D eigenvalue weighted by atomic mass is 35.5. The van der Waals surface area contributed by atoms with Crippen molar-refractivity contribution in [3.63, 3.8) is 0 Å². The second-order valence-electron chi connectivity index (χ2n) is 4.22. The Balaban J connectivity index is 2.46. The maximum absolute atomic E-state index is 6.13. The molecule has 2 nitrogen and oxygen atoms in total. The van der Waals surface area contributed by atoms with Crippen LogP contribution in [-0.2, 0) is 6.42 Å². The van der Waals surface area contributed by atoms with Crippen LogP contribution in [0.4, 0.5) is 0 Å². The van der Waals surface area contributed by atoms with Crippen LogP contribution < -0.4 is 4.74 Å². The molecule has 0 aliphatic rings. The van der Waals surface area contributed by atoms with Crippen molar-refractivity contribution in [2.75, 3.05) is 27.7 Å². The van der Waals surface area contributed by atoms with Gasteiger partial charge in [-0.05, 0) is 63.7 Å². The molecule has 0 amide bonds. The van der Waals surface area contributed by atoms with Crippen LogP contribution in [0.3, 0.4) is 0 Å². The molecule has 0 unspecified atom stereocenters. The van der Waals surface area contributed by atoms with Gasteiger partial charge in [0.25, 0.3) is 0 Å². The number of unbranched alkanes of at least 4 members (excludes halogenated alkanes) is 1. The molecule has 0 saturated carbocycles. The van der Waals surface area contributed by atoms with E-state index < -0.39 is 0 Å². The number of benzene rings is 1. The van der Waals surface area contributed by atoms with Crippen LogP contribution >= 0.6 is 11.6 Å². The van der Waals surface area contributed by atoms with Crippen molar-refractivity contribution in [3.05, 3.63) is 28.8 Å². The second-order valence-corrected chi connectivity index (χ2v) is 4.62. The Morgan fingerprint density at radius 2 is 2.00 bits per heavy atom. The van der Waals surface area contributed by atoms with Crippen LogP contribution in [0, 0.1) is 0 Å². The molecule has 0 heterocycles. The zero-order valence-corrected chi connectivity index (χ0v) is 11.0. The average molecular weight is 242 g/mol. The highest BCUT2D eigenvalue weighted by Crippen LogP contribution is 2.23. The maximum atomic E-state index is 6.13. The van der Waals surface area contributed by atoms with E-state index in [1.165, 1.54) is 12.0 Å². The van der Waals surface area contributed by atoms with Crippen LogP contribution in [0.5, 0.6) is 5.75 Å². The standard InChI is InChI=1S/C13H20ClNO/c1-15(2)9-5-4-6-11-10-12(16-3)7-8-13(11)14/h7-8,10H,4-6,9H2,1-3H3. The van der Waals surface area contributed by atoms with E-state index in [1.807, 2.05) is 18.2 Å².